The maximum absolute atomic E-state index is 13.5. The molecule has 0 saturated carbocycles. The fourth-order valence-electron chi connectivity index (χ4n) is 1.93. The van der Waals surface area contributed by atoms with E-state index in [1.807, 2.05) is 0 Å². The van der Waals surface area contributed by atoms with Crippen LogP contribution < -0.4 is 10.1 Å². The van der Waals surface area contributed by atoms with Crippen molar-refractivity contribution in [3.63, 3.8) is 0 Å². The topological polar surface area (TPSA) is 21.3 Å². The number of halogens is 2. The summed E-state index contributed by atoms with van der Waals surface area (Å²) in [5.41, 5.74) is 0.721. The molecule has 0 radical (unpaired) electrons. The van der Waals surface area contributed by atoms with Crippen LogP contribution in [0.4, 0.5) is 8.78 Å². The largest absolute Gasteiger partial charge is 0.490 e. The van der Waals surface area contributed by atoms with Gasteiger partial charge >= 0.3 is 0 Å². The average Bonchev–Trinajstić information content (AvgIpc) is 2.31. The van der Waals surface area contributed by atoms with Gasteiger partial charge in [-0.25, -0.2) is 4.39 Å². The van der Waals surface area contributed by atoms with E-state index in [0.717, 1.165) is 31.0 Å². The Hall–Kier alpha value is -1.16. The highest BCUT2D eigenvalue weighted by atomic mass is 19.2. The molecule has 88 valence electrons. The second kappa shape index (κ2) is 4.78. The summed E-state index contributed by atoms with van der Waals surface area (Å²) >= 11 is 0. The van der Waals surface area contributed by atoms with Crippen LogP contribution in [0.2, 0.25) is 0 Å². The van der Waals surface area contributed by atoms with Crippen LogP contribution in [0.1, 0.15) is 31.4 Å². The number of benzene rings is 1. The zero-order valence-electron chi connectivity index (χ0n) is 9.22. The third kappa shape index (κ3) is 2.02. The number of hydrogen-bond acceptors (Lipinski definition) is 2. The summed E-state index contributed by atoms with van der Waals surface area (Å²) in [5, 5.41) is 3.31. The minimum atomic E-state index is -0.875. The Morgan fingerprint density at radius 2 is 2.25 bits per heavy atom. The quantitative estimate of drug-likeness (QED) is 0.857. The zero-order valence-corrected chi connectivity index (χ0v) is 9.22. The van der Waals surface area contributed by atoms with E-state index in [-0.39, 0.29) is 11.8 Å². The van der Waals surface area contributed by atoms with E-state index >= 15 is 0 Å². The summed E-state index contributed by atoms with van der Waals surface area (Å²) in [7, 11) is 0. The summed E-state index contributed by atoms with van der Waals surface area (Å²) in [4.78, 5) is 0. The van der Waals surface area contributed by atoms with Crippen LogP contribution in [0.25, 0.3) is 0 Å². The third-order valence-electron chi connectivity index (χ3n) is 2.75. The van der Waals surface area contributed by atoms with Gasteiger partial charge in [0.2, 0.25) is 5.82 Å². The van der Waals surface area contributed by atoms with Gasteiger partial charge in [0.25, 0.3) is 0 Å². The van der Waals surface area contributed by atoms with Crippen molar-refractivity contribution in [2.45, 2.75) is 25.8 Å². The van der Waals surface area contributed by atoms with Crippen molar-refractivity contribution in [1.82, 2.24) is 5.32 Å². The summed E-state index contributed by atoms with van der Waals surface area (Å²) in [6.07, 6.45) is 1.80. The zero-order chi connectivity index (χ0) is 11.5. The second-order valence-corrected chi connectivity index (χ2v) is 3.92. The summed E-state index contributed by atoms with van der Waals surface area (Å²) in [5.74, 6) is -1.66. The lowest BCUT2D eigenvalue weighted by Crippen LogP contribution is -2.28. The molecular formula is C12H15F2NO. The van der Waals surface area contributed by atoms with Gasteiger partial charge in [-0.1, -0.05) is 13.0 Å². The standard InChI is InChI=1S/C12H15F2NO/c1-2-6-15-10-5-7-16-12-8(10)3-4-9(13)11(12)14/h3-4,10,15H,2,5-7H2,1H3. The smallest absolute Gasteiger partial charge is 0.200 e. The molecule has 16 heavy (non-hydrogen) atoms. The van der Waals surface area contributed by atoms with E-state index in [1.54, 1.807) is 6.07 Å². The van der Waals surface area contributed by atoms with Crippen LogP contribution in [0.5, 0.6) is 5.75 Å². The van der Waals surface area contributed by atoms with Gasteiger partial charge in [-0.15, -0.1) is 0 Å². The van der Waals surface area contributed by atoms with Crippen molar-refractivity contribution in [2.75, 3.05) is 13.2 Å². The molecule has 1 aromatic carbocycles. The lowest BCUT2D eigenvalue weighted by atomic mass is 10.00. The van der Waals surface area contributed by atoms with Crippen LogP contribution in [0, 0.1) is 11.6 Å². The average molecular weight is 227 g/mol. The lowest BCUT2D eigenvalue weighted by molar-refractivity contribution is 0.237. The van der Waals surface area contributed by atoms with Crippen LogP contribution in [-0.4, -0.2) is 13.2 Å². The minimum Gasteiger partial charge on any atom is -0.490 e. The van der Waals surface area contributed by atoms with Crippen molar-refractivity contribution in [1.29, 1.82) is 0 Å². The molecular weight excluding hydrogens is 212 g/mol. The molecule has 0 spiro atoms. The lowest BCUT2D eigenvalue weighted by Gasteiger charge is -2.27. The van der Waals surface area contributed by atoms with E-state index < -0.39 is 11.6 Å². The van der Waals surface area contributed by atoms with E-state index in [0.29, 0.717) is 6.61 Å². The predicted octanol–water partition coefficient (Wildman–Crippen LogP) is 2.79. The number of nitrogens with one attached hydrogen (secondary N) is 1. The molecule has 1 aliphatic heterocycles. The predicted molar refractivity (Wildman–Crippen MR) is 57.5 cm³/mol. The van der Waals surface area contributed by atoms with Gasteiger partial charge in [0.15, 0.2) is 11.6 Å². The van der Waals surface area contributed by atoms with Gasteiger partial charge in [0, 0.05) is 18.0 Å². The first-order valence-corrected chi connectivity index (χ1v) is 5.58. The highest BCUT2D eigenvalue weighted by Crippen LogP contribution is 2.35. The molecule has 0 fully saturated rings. The molecule has 0 aromatic heterocycles. The Morgan fingerprint density at radius 1 is 1.44 bits per heavy atom. The number of rotatable bonds is 3. The molecule has 0 saturated heterocycles. The van der Waals surface area contributed by atoms with Gasteiger partial charge < -0.3 is 10.1 Å². The maximum Gasteiger partial charge on any atom is 0.200 e. The highest BCUT2D eigenvalue weighted by molar-refractivity contribution is 5.39. The Labute approximate surface area is 93.6 Å². The van der Waals surface area contributed by atoms with E-state index in [9.17, 15) is 8.78 Å². The molecule has 2 rings (SSSR count). The molecule has 1 N–H and O–H groups in total. The van der Waals surface area contributed by atoms with Crippen molar-refractivity contribution >= 4 is 0 Å². The van der Waals surface area contributed by atoms with Crippen LogP contribution in [-0.2, 0) is 0 Å². The van der Waals surface area contributed by atoms with Gasteiger partial charge in [0.1, 0.15) is 0 Å². The SMILES string of the molecule is CCCNC1CCOc2c1ccc(F)c2F. The van der Waals surface area contributed by atoms with Gasteiger partial charge in [-0.05, 0) is 19.0 Å². The summed E-state index contributed by atoms with van der Waals surface area (Å²) < 4.78 is 31.7. The van der Waals surface area contributed by atoms with Gasteiger partial charge in [-0.3, -0.25) is 0 Å². The molecule has 1 aliphatic rings. The molecule has 0 bridgehead atoms. The first kappa shape index (κ1) is 11.3. The fourth-order valence-corrected chi connectivity index (χ4v) is 1.93. The molecule has 1 heterocycles. The van der Waals surface area contributed by atoms with Crippen molar-refractivity contribution in [3.8, 4) is 5.75 Å². The molecule has 1 atom stereocenters. The molecule has 0 aliphatic carbocycles. The van der Waals surface area contributed by atoms with Gasteiger partial charge in [0.05, 0.1) is 6.61 Å². The molecule has 2 nitrogen and oxygen atoms in total. The number of hydrogen-bond donors (Lipinski definition) is 1. The molecule has 0 amide bonds. The van der Waals surface area contributed by atoms with Crippen LogP contribution >= 0.6 is 0 Å². The second-order valence-electron chi connectivity index (χ2n) is 3.92. The van der Waals surface area contributed by atoms with Crippen LogP contribution in [0.3, 0.4) is 0 Å². The Kier molecular flexibility index (Phi) is 3.39. The minimum absolute atomic E-state index is 0.0683. The maximum atomic E-state index is 13.5. The fraction of sp³-hybridized carbons (Fsp3) is 0.500. The Balaban J connectivity index is 2.28. The van der Waals surface area contributed by atoms with E-state index in [1.165, 1.54) is 0 Å². The van der Waals surface area contributed by atoms with E-state index in [2.05, 4.69) is 12.2 Å². The summed E-state index contributed by atoms with van der Waals surface area (Å²) in [6, 6.07) is 2.82. The Bertz CT molecular complexity index is 382. The normalized spacial score (nSPS) is 19.1. The number of fused-ring (bicyclic) bond motifs is 1. The number of ether oxygens (including phenoxy) is 1. The highest BCUT2D eigenvalue weighted by Gasteiger charge is 2.25. The third-order valence-corrected chi connectivity index (χ3v) is 2.75. The Morgan fingerprint density at radius 3 is 3.00 bits per heavy atom. The van der Waals surface area contributed by atoms with Crippen molar-refractivity contribution < 1.29 is 13.5 Å². The van der Waals surface area contributed by atoms with E-state index in [4.69, 9.17) is 4.74 Å². The summed E-state index contributed by atoms with van der Waals surface area (Å²) in [6.45, 7) is 3.36. The molecule has 1 aromatic rings. The first-order valence-electron chi connectivity index (χ1n) is 5.58. The van der Waals surface area contributed by atoms with Gasteiger partial charge in [-0.2, -0.15) is 4.39 Å². The van der Waals surface area contributed by atoms with Crippen molar-refractivity contribution in [3.05, 3.63) is 29.3 Å². The molecule has 1 unspecified atom stereocenters. The monoisotopic (exact) mass is 227 g/mol. The van der Waals surface area contributed by atoms with Crippen molar-refractivity contribution in [2.24, 2.45) is 0 Å². The van der Waals surface area contributed by atoms with Crippen LogP contribution in [0.15, 0.2) is 12.1 Å². The molecule has 4 heteroatoms. The first-order chi connectivity index (χ1) is 7.74.